The number of oxime groups is 1. The molecule has 2 fully saturated rings. The first-order chi connectivity index (χ1) is 15.5. The Morgan fingerprint density at radius 2 is 2.03 bits per heavy atom. The average molecular weight is 456 g/mol. The molecule has 3 rings (SSSR count). The van der Waals surface area contributed by atoms with Crippen LogP contribution in [0.25, 0.3) is 0 Å². The summed E-state index contributed by atoms with van der Waals surface area (Å²) in [4.78, 5) is 0. The molecule has 33 heavy (non-hydrogen) atoms. The maximum atomic E-state index is 10.2. The number of allylic oxidation sites excluding steroid dienone is 5. The first kappa shape index (κ1) is 26.0. The van der Waals surface area contributed by atoms with Crippen LogP contribution < -0.4 is 0 Å². The number of nitrogens with zero attached hydrogens (tertiary/aromatic N) is 1. The molecule has 0 radical (unpaired) electrons. The number of aliphatic hydroxyl groups is 2. The molecule has 0 aliphatic heterocycles. The first-order valence-electron chi connectivity index (χ1n) is 12.8. The Labute approximate surface area is 200 Å². The van der Waals surface area contributed by atoms with E-state index in [4.69, 9.17) is 0 Å². The molecule has 3 aliphatic carbocycles. The van der Waals surface area contributed by atoms with Gasteiger partial charge in [0.1, 0.15) is 0 Å². The summed E-state index contributed by atoms with van der Waals surface area (Å²) >= 11 is 0. The molecule has 0 amide bonds. The van der Waals surface area contributed by atoms with E-state index in [1.807, 2.05) is 0 Å². The first-order valence-corrected chi connectivity index (χ1v) is 12.8. The Balaban J connectivity index is 1.68. The third-order valence-electron chi connectivity index (χ3n) is 8.44. The van der Waals surface area contributed by atoms with Crippen molar-refractivity contribution in [1.82, 2.24) is 0 Å². The zero-order valence-corrected chi connectivity index (χ0v) is 21.4. The fourth-order valence-electron chi connectivity index (χ4n) is 6.39. The second kappa shape index (κ2) is 10.3. The summed E-state index contributed by atoms with van der Waals surface area (Å²) in [6.07, 6.45) is 14.4. The van der Waals surface area contributed by atoms with Gasteiger partial charge in [-0.2, -0.15) is 0 Å². The largest absolute Gasteiger partial charge is 0.411 e. The molecule has 3 aliphatic rings. The molecular weight excluding hydrogens is 410 g/mol. The SMILES string of the molecule is C=C1/C(=C\C=C2/CCC[C@]3(C)C([C@H](C)CCC/C(=N\O)C(C)(C)C)=CC[C@@H]23)C[C@@H](O)C[C@@H]1O. The van der Waals surface area contributed by atoms with Crippen LogP contribution >= 0.6 is 0 Å². The molecule has 0 aromatic heterocycles. The predicted molar refractivity (Wildman–Crippen MR) is 136 cm³/mol. The molecule has 0 unspecified atom stereocenters. The van der Waals surface area contributed by atoms with Gasteiger partial charge in [0.25, 0.3) is 0 Å². The van der Waals surface area contributed by atoms with Crippen LogP contribution in [0.3, 0.4) is 0 Å². The second-order valence-electron chi connectivity index (χ2n) is 11.9. The number of aliphatic hydroxyl groups excluding tert-OH is 2. The van der Waals surface area contributed by atoms with E-state index in [0.717, 1.165) is 49.0 Å². The van der Waals surface area contributed by atoms with E-state index in [1.165, 1.54) is 18.4 Å². The molecular formula is C29H45NO3. The highest BCUT2D eigenvalue weighted by molar-refractivity contribution is 5.88. The summed E-state index contributed by atoms with van der Waals surface area (Å²) in [7, 11) is 0. The van der Waals surface area contributed by atoms with Crippen molar-refractivity contribution in [2.45, 2.75) is 105 Å². The molecule has 4 nitrogen and oxygen atoms in total. The van der Waals surface area contributed by atoms with Gasteiger partial charge in [-0.3, -0.25) is 0 Å². The van der Waals surface area contributed by atoms with Gasteiger partial charge in [0.05, 0.1) is 17.9 Å². The number of rotatable bonds is 6. The fraction of sp³-hybridized carbons (Fsp3) is 0.690. The maximum Gasteiger partial charge on any atom is 0.0811 e. The van der Waals surface area contributed by atoms with E-state index >= 15 is 0 Å². The minimum atomic E-state index is -0.634. The second-order valence-corrected chi connectivity index (χ2v) is 11.9. The molecule has 0 aromatic rings. The van der Waals surface area contributed by atoms with E-state index in [1.54, 1.807) is 5.57 Å². The zero-order chi connectivity index (χ0) is 24.4. The summed E-state index contributed by atoms with van der Waals surface area (Å²) in [5.41, 5.74) is 5.86. The zero-order valence-electron chi connectivity index (χ0n) is 21.4. The molecule has 3 N–H and O–H groups in total. The van der Waals surface area contributed by atoms with Gasteiger partial charge in [-0.25, -0.2) is 0 Å². The van der Waals surface area contributed by atoms with Gasteiger partial charge in [-0.1, -0.05) is 75.7 Å². The standard InChI is InChI=1S/C29H45NO3/c1-19(9-7-11-27(30-33)28(3,4)5)24-14-15-25-21(10-8-16-29(24,25)6)12-13-22-17-23(31)18-26(32)20(22)2/h12-14,19,23,25-26,31-33H,2,7-11,15-18H2,1,3-6H3/b21-12+,22-13-,30-27+/t19-,23-,25+,26+,29-/m1/s1. The van der Waals surface area contributed by atoms with Gasteiger partial charge in [0.2, 0.25) is 0 Å². The highest BCUT2D eigenvalue weighted by Gasteiger charge is 2.45. The Kier molecular flexibility index (Phi) is 8.11. The van der Waals surface area contributed by atoms with Crippen LogP contribution in [0.4, 0.5) is 0 Å². The Morgan fingerprint density at radius 3 is 2.70 bits per heavy atom. The summed E-state index contributed by atoms with van der Waals surface area (Å²) in [6, 6.07) is 0. The van der Waals surface area contributed by atoms with Crippen molar-refractivity contribution in [2.75, 3.05) is 0 Å². The maximum absolute atomic E-state index is 10.2. The number of hydrogen-bond acceptors (Lipinski definition) is 4. The lowest BCUT2D eigenvalue weighted by Crippen LogP contribution is -2.32. The van der Waals surface area contributed by atoms with Gasteiger partial charge < -0.3 is 15.4 Å². The monoisotopic (exact) mass is 455 g/mol. The predicted octanol–water partition coefficient (Wildman–Crippen LogP) is 6.73. The minimum absolute atomic E-state index is 0.0883. The van der Waals surface area contributed by atoms with Crippen LogP contribution in [-0.2, 0) is 0 Å². The lowest BCUT2D eigenvalue weighted by Gasteiger charge is -2.42. The molecule has 4 heteroatoms. The van der Waals surface area contributed by atoms with Gasteiger partial charge in [-0.15, -0.1) is 0 Å². The topological polar surface area (TPSA) is 73.1 Å². The van der Waals surface area contributed by atoms with E-state index in [2.05, 4.69) is 64.6 Å². The Hall–Kier alpha value is -1.65. The molecule has 0 spiro atoms. The van der Waals surface area contributed by atoms with Crippen LogP contribution in [0.15, 0.2) is 52.3 Å². The quantitative estimate of drug-likeness (QED) is 0.180. The summed E-state index contributed by atoms with van der Waals surface area (Å²) in [6.45, 7) is 15.2. The van der Waals surface area contributed by atoms with E-state index in [-0.39, 0.29) is 10.8 Å². The average Bonchev–Trinajstić information content (AvgIpc) is 3.09. The van der Waals surface area contributed by atoms with Crippen LogP contribution in [0.5, 0.6) is 0 Å². The smallest absolute Gasteiger partial charge is 0.0811 e. The highest BCUT2D eigenvalue weighted by Crippen LogP contribution is 2.57. The minimum Gasteiger partial charge on any atom is -0.411 e. The molecule has 2 saturated carbocycles. The van der Waals surface area contributed by atoms with Crippen molar-refractivity contribution >= 4 is 5.71 Å². The molecule has 0 aromatic carbocycles. The molecule has 0 saturated heterocycles. The summed E-state index contributed by atoms with van der Waals surface area (Å²) in [5, 5.41) is 33.2. The van der Waals surface area contributed by atoms with Crippen molar-refractivity contribution in [1.29, 1.82) is 0 Å². The number of fused-ring (bicyclic) bond motifs is 1. The van der Waals surface area contributed by atoms with Gasteiger partial charge in [0, 0.05) is 11.8 Å². The van der Waals surface area contributed by atoms with Gasteiger partial charge in [0.15, 0.2) is 0 Å². The van der Waals surface area contributed by atoms with Gasteiger partial charge >= 0.3 is 0 Å². The van der Waals surface area contributed by atoms with Crippen molar-refractivity contribution in [3.05, 3.63) is 47.1 Å². The third-order valence-corrected chi connectivity index (χ3v) is 8.44. The van der Waals surface area contributed by atoms with E-state index in [0.29, 0.717) is 24.7 Å². The van der Waals surface area contributed by atoms with Crippen LogP contribution in [0.2, 0.25) is 0 Å². The van der Waals surface area contributed by atoms with E-state index < -0.39 is 12.2 Å². The highest BCUT2D eigenvalue weighted by atomic mass is 16.4. The van der Waals surface area contributed by atoms with Crippen LogP contribution in [0, 0.1) is 22.7 Å². The third kappa shape index (κ3) is 5.71. The molecule has 0 bridgehead atoms. The van der Waals surface area contributed by atoms with E-state index in [9.17, 15) is 15.4 Å². The van der Waals surface area contributed by atoms with Crippen molar-refractivity contribution in [3.8, 4) is 0 Å². The van der Waals surface area contributed by atoms with Crippen LogP contribution in [0.1, 0.15) is 92.4 Å². The molecule has 5 atom stereocenters. The van der Waals surface area contributed by atoms with Crippen molar-refractivity contribution in [3.63, 3.8) is 0 Å². The van der Waals surface area contributed by atoms with Crippen molar-refractivity contribution in [2.24, 2.45) is 27.8 Å². The summed E-state index contributed by atoms with van der Waals surface area (Å²) < 4.78 is 0. The Bertz CT molecular complexity index is 857. The normalized spacial score (nSPS) is 34.5. The molecule has 184 valence electrons. The molecule has 0 heterocycles. The lowest BCUT2D eigenvalue weighted by molar-refractivity contribution is 0.0862. The fourth-order valence-corrected chi connectivity index (χ4v) is 6.39. The number of hydrogen-bond donors (Lipinski definition) is 3. The van der Waals surface area contributed by atoms with Crippen LogP contribution in [-0.4, -0.2) is 33.3 Å². The van der Waals surface area contributed by atoms with Gasteiger partial charge in [-0.05, 0) is 79.8 Å². The van der Waals surface area contributed by atoms with Crippen molar-refractivity contribution < 1.29 is 15.4 Å². The Morgan fingerprint density at radius 1 is 1.30 bits per heavy atom. The summed E-state index contributed by atoms with van der Waals surface area (Å²) in [5.74, 6) is 1.07. The lowest BCUT2D eigenvalue weighted by atomic mass is 9.62.